The standard InChI is InChI=1S/C39H37ClN2O5/c1-26-35(38(44)41-24-34(43)47-25-28-13-6-3-7-14-28)37(31-19-12-20-32(40)23-31)36(27(2)42-26)39(45)46-22-21-33(29-15-8-4-9-16-29)30-17-10-5-11-18-30/h3-20,23,33,35,37H,21-22,24-25H2,1-2H3,(H,41,44). The molecule has 0 spiro atoms. The molecule has 8 heteroatoms. The molecule has 47 heavy (non-hydrogen) atoms. The SMILES string of the molecule is CC1=NC(C)=C(C(=O)OCCC(c2ccccc2)c2ccccc2)C(c2cccc(Cl)c2)C1C(=O)NCC(=O)OCc1ccccc1. The Bertz CT molecular complexity index is 1720. The van der Waals surface area contributed by atoms with E-state index in [2.05, 4.69) is 34.6 Å². The number of allylic oxidation sites excluding steroid dienone is 1. The molecule has 4 aromatic rings. The van der Waals surface area contributed by atoms with Gasteiger partial charge in [-0.2, -0.15) is 0 Å². The third-order valence-corrected chi connectivity index (χ3v) is 8.47. The zero-order valence-electron chi connectivity index (χ0n) is 26.4. The molecule has 5 rings (SSSR count). The molecule has 0 bridgehead atoms. The van der Waals surface area contributed by atoms with Gasteiger partial charge in [0.05, 0.1) is 18.1 Å². The first kappa shape index (κ1) is 33.4. The predicted molar refractivity (Wildman–Crippen MR) is 183 cm³/mol. The molecule has 0 radical (unpaired) electrons. The molecule has 1 N–H and O–H groups in total. The van der Waals surface area contributed by atoms with Crippen molar-refractivity contribution in [2.45, 2.75) is 38.7 Å². The molecule has 2 unspecified atom stereocenters. The molecule has 240 valence electrons. The summed E-state index contributed by atoms with van der Waals surface area (Å²) in [6.07, 6.45) is 0.561. The Morgan fingerprint density at radius 3 is 2.04 bits per heavy atom. The number of nitrogens with one attached hydrogen (secondary N) is 1. The van der Waals surface area contributed by atoms with E-state index in [9.17, 15) is 14.4 Å². The first-order chi connectivity index (χ1) is 22.8. The van der Waals surface area contributed by atoms with Crippen molar-refractivity contribution in [3.63, 3.8) is 0 Å². The number of carbonyl (C=O) groups is 3. The van der Waals surface area contributed by atoms with Crippen LogP contribution in [0.3, 0.4) is 0 Å². The van der Waals surface area contributed by atoms with Gasteiger partial charge in [-0.3, -0.25) is 14.6 Å². The number of ether oxygens (including phenoxy) is 2. The van der Waals surface area contributed by atoms with Gasteiger partial charge in [0.15, 0.2) is 0 Å². The van der Waals surface area contributed by atoms with Crippen molar-refractivity contribution in [3.8, 4) is 0 Å². The summed E-state index contributed by atoms with van der Waals surface area (Å²) in [6.45, 7) is 3.40. The number of hydrogen-bond acceptors (Lipinski definition) is 6. The van der Waals surface area contributed by atoms with Crippen LogP contribution in [0.25, 0.3) is 0 Å². The number of halogens is 1. The maximum Gasteiger partial charge on any atom is 0.336 e. The van der Waals surface area contributed by atoms with Gasteiger partial charge in [0, 0.05) is 28.3 Å². The fraction of sp³-hybridized carbons (Fsp3) is 0.231. The molecule has 0 aromatic heterocycles. The lowest BCUT2D eigenvalue weighted by molar-refractivity contribution is -0.145. The largest absolute Gasteiger partial charge is 0.462 e. The topological polar surface area (TPSA) is 94.1 Å². The van der Waals surface area contributed by atoms with E-state index in [1.54, 1.807) is 32.0 Å². The van der Waals surface area contributed by atoms with Crippen LogP contribution in [0.15, 0.2) is 132 Å². The highest BCUT2D eigenvalue weighted by Crippen LogP contribution is 2.40. The minimum absolute atomic E-state index is 0.0239. The van der Waals surface area contributed by atoms with Gasteiger partial charge >= 0.3 is 11.9 Å². The van der Waals surface area contributed by atoms with Gasteiger partial charge in [0.25, 0.3) is 0 Å². The molecule has 1 aliphatic heterocycles. The maximum atomic E-state index is 13.9. The summed E-state index contributed by atoms with van der Waals surface area (Å²) in [7, 11) is 0. The van der Waals surface area contributed by atoms with Crippen LogP contribution in [0.2, 0.25) is 5.02 Å². The van der Waals surface area contributed by atoms with E-state index in [0.29, 0.717) is 28.4 Å². The minimum Gasteiger partial charge on any atom is -0.462 e. The highest BCUT2D eigenvalue weighted by atomic mass is 35.5. The van der Waals surface area contributed by atoms with Gasteiger partial charge in [0.1, 0.15) is 13.2 Å². The van der Waals surface area contributed by atoms with Crippen molar-refractivity contribution < 1.29 is 23.9 Å². The first-order valence-corrected chi connectivity index (χ1v) is 15.9. The van der Waals surface area contributed by atoms with Crippen LogP contribution < -0.4 is 5.32 Å². The molecule has 1 heterocycles. The van der Waals surface area contributed by atoms with Crippen molar-refractivity contribution in [2.75, 3.05) is 13.2 Å². The number of carbonyl (C=O) groups excluding carboxylic acids is 3. The van der Waals surface area contributed by atoms with Crippen LogP contribution in [0, 0.1) is 5.92 Å². The van der Waals surface area contributed by atoms with E-state index >= 15 is 0 Å². The predicted octanol–water partition coefficient (Wildman–Crippen LogP) is 7.41. The third kappa shape index (κ3) is 8.63. The summed E-state index contributed by atoms with van der Waals surface area (Å²) in [5.74, 6) is -3.19. The van der Waals surface area contributed by atoms with Gasteiger partial charge in [0.2, 0.25) is 5.91 Å². The number of hydrogen-bond donors (Lipinski definition) is 1. The molecule has 2 atom stereocenters. The number of esters is 2. The molecule has 4 aromatic carbocycles. The van der Waals surface area contributed by atoms with Crippen molar-refractivity contribution in [2.24, 2.45) is 10.9 Å². The van der Waals surface area contributed by atoms with E-state index < -0.39 is 29.7 Å². The second kappa shape index (κ2) is 16.0. The van der Waals surface area contributed by atoms with Crippen molar-refractivity contribution in [1.29, 1.82) is 0 Å². The number of nitrogens with zero attached hydrogens (tertiary/aromatic N) is 1. The molecule has 0 aliphatic carbocycles. The zero-order chi connectivity index (χ0) is 33.2. The highest BCUT2D eigenvalue weighted by molar-refractivity contribution is 6.30. The zero-order valence-corrected chi connectivity index (χ0v) is 27.2. The Balaban J connectivity index is 1.33. The fourth-order valence-corrected chi connectivity index (χ4v) is 6.20. The minimum atomic E-state index is -0.886. The lowest BCUT2D eigenvalue weighted by Gasteiger charge is -2.32. The number of benzene rings is 4. The monoisotopic (exact) mass is 648 g/mol. The Morgan fingerprint density at radius 1 is 0.809 bits per heavy atom. The summed E-state index contributed by atoms with van der Waals surface area (Å²) in [4.78, 5) is 44.8. The Morgan fingerprint density at radius 2 is 1.43 bits per heavy atom. The maximum absolute atomic E-state index is 13.9. The Labute approximate surface area is 280 Å². The van der Waals surface area contributed by atoms with Crippen LogP contribution in [0.5, 0.6) is 0 Å². The summed E-state index contributed by atoms with van der Waals surface area (Å²) < 4.78 is 11.3. The summed E-state index contributed by atoms with van der Waals surface area (Å²) in [5, 5.41) is 3.16. The fourth-order valence-electron chi connectivity index (χ4n) is 6.00. The second-order valence-corrected chi connectivity index (χ2v) is 11.9. The molecule has 1 amide bonds. The van der Waals surface area contributed by atoms with Crippen LogP contribution in [-0.2, 0) is 30.5 Å². The first-order valence-electron chi connectivity index (χ1n) is 15.6. The quantitative estimate of drug-likeness (QED) is 0.161. The third-order valence-electron chi connectivity index (χ3n) is 8.23. The van der Waals surface area contributed by atoms with Gasteiger partial charge in [-0.15, -0.1) is 0 Å². The van der Waals surface area contributed by atoms with E-state index in [0.717, 1.165) is 16.7 Å². The lowest BCUT2D eigenvalue weighted by Crippen LogP contribution is -2.43. The normalized spacial score (nSPS) is 16.0. The summed E-state index contributed by atoms with van der Waals surface area (Å²) in [6, 6.07) is 36.6. The van der Waals surface area contributed by atoms with Gasteiger partial charge < -0.3 is 14.8 Å². The van der Waals surface area contributed by atoms with Crippen LogP contribution in [-0.4, -0.2) is 36.7 Å². The summed E-state index contributed by atoms with van der Waals surface area (Å²) in [5.41, 5.74) is 5.00. The molecule has 0 fully saturated rings. The van der Waals surface area contributed by atoms with Crippen molar-refractivity contribution in [3.05, 3.63) is 154 Å². The van der Waals surface area contributed by atoms with Gasteiger partial charge in [-0.05, 0) is 54.7 Å². The van der Waals surface area contributed by atoms with Crippen LogP contribution >= 0.6 is 11.6 Å². The van der Waals surface area contributed by atoms with Crippen LogP contribution in [0.4, 0.5) is 0 Å². The highest BCUT2D eigenvalue weighted by Gasteiger charge is 2.41. The smallest absolute Gasteiger partial charge is 0.336 e. The number of amides is 1. The molecule has 7 nitrogen and oxygen atoms in total. The Kier molecular flexibility index (Phi) is 11.4. The van der Waals surface area contributed by atoms with Crippen molar-refractivity contribution in [1.82, 2.24) is 5.32 Å². The number of rotatable bonds is 12. The summed E-state index contributed by atoms with van der Waals surface area (Å²) >= 11 is 6.39. The van der Waals surface area contributed by atoms with E-state index in [-0.39, 0.29) is 31.2 Å². The lowest BCUT2D eigenvalue weighted by atomic mass is 9.75. The second-order valence-electron chi connectivity index (χ2n) is 11.4. The van der Waals surface area contributed by atoms with Crippen molar-refractivity contribution >= 4 is 35.2 Å². The van der Waals surface area contributed by atoms with Gasteiger partial charge in [-0.1, -0.05) is 115 Å². The molecule has 1 aliphatic rings. The average Bonchev–Trinajstić information content (AvgIpc) is 3.09. The molecular weight excluding hydrogens is 612 g/mol. The average molecular weight is 649 g/mol. The van der Waals surface area contributed by atoms with E-state index in [1.807, 2.05) is 72.8 Å². The Hall–Kier alpha value is -5.01. The molecule has 0 saturated heterocycles. The van der Waals surface area contributed by atoms with E-state index in [1.165, 1.54) is 0 Å². The molecule has 0 saturated carbocycles. The van der Waals surface area contributed by atoms with E-state index in [4.69, 9.17) is 21.1 Å². The van der Waals surface area contributed by atoms with Gasteiger partial charge in [-0.25, -0.2) is 4.79 Å². The van der Waals surface area contributed by atoms with Crippen LogP contribution in [0.1, 0.15) is 54.4 Å². The number of aliphatic imine (C=N–C) groups is 1. The molecular formula is C39H37ClN2O5.